The summed E-state index contributed by atoms with van der Waals surface area (Å²) in [5.74, 6) is -0.122. The summed E-state index contributed by atoms with van der Waals surface area (Å²) in [6.45, 7) is 10.3. The summed E-state index contributed by atoms with van der Waals surface area (Å²) in [6, 6.07) is 12.1. The number of anilines is 2. The summed E-state index contributed by atoms with van der Waals surface area (Å²) < 4.78 is 13.8. The number of halogens is 1. The van der Waals surface area contributed by atoms with Gasteiger partial charge in [0.15, 0.2) is 0 Å². The molecule has 2 aromatic carbocycles. The normalized spacial score (nSPS) is 11.4. The standard InChI is InChI=1S/C26H36FN3O2/c1-18(2)13-24(31)28-22-11-12-23(29(6)7)20(15-22)17-30(25(32)26(3,4)5)16-19-9-8-10-21(27)14-19/h8-12,14-15,18H,13,16-17H2,1-7H3,(H,28,31). The lowest BCUT2D eigenvalue weighted by Crippen LogP contribution is -2.39. The van der Waals surface area contributed by atoms with Gasteiger partial charge in [-0.05, 0) is 47.4 Å². The van der Waals surface area contributed by atoms with Gasteiger partial charge >= 0.3 is 0 Å². The van der Waals surface area contributed by atoms with Crippen LogP contribution in [0.3, 0.4) is 0 Å². The highest BCUT2D eigenvalue weighted by Gasteiger charge is 2.28. The molecule has 2 rings (SSSR count). The topological polar surface area (TPSA) is 52.7 Å². The van der Waals surface area contributed by atoms with Gasteiger partial charge in [0.2, 0.25) is 11.8 Å². The largest absolute Gasteiger partial charge is 0.377 e. The molecule has 0 aliphatic rings. The average molecular weight is 442 g/mol. The third-order valence-corrected chi connectivity index (χ3v) is 4.99. The molecule has 5 nitrogen and oxygen atoms in total. The van der Waals surface area contributed by atoms with E-state index in [1.807, 2.05) is 77.9 Å². The Morgan fingerprint density at radius 2 is 1.72 bits per heavy atom. The summed E-state index contributed by atoms with van der Waals surface area (Å²) in [6.07, 6.45) is 0.443. The Kier molecular flexibility index (Phi) is 8.42. The van der Waals surface area contributed by atoms with Crippen molar-refractivity contribution in [3.8, 4) is 0 Å². The van der Waals surface area contributed by atoms with Gasteiger partial charge in [-0.15, -0.1) is 0 Å². The van der Waals surface area contributed by atoms with E-state index >= 15 is 0 Å². The molecule has 0 aromatic heterocycles. The minimum absolute atomic E-state index is 0.0271. The zero-order valence-electron chi connectivity index (χ0n) is 20.3. The van der Waals surface area contributed by atoms with E-state index in [0.717, 1.165) is 16.8 Å². The lowest BCUT2D eigenvalue weighted by molar-refractivity contribution is -0.140. The molecule has 0 atom stereocenters. The third-order valence-electron chi connectivity index (χ3n) is 4.99. The highest BCUT2D eigenvalue weighted by atomic mass is 19.1. The Labute approximate surface area is 191 Å². The van der Waals surface area contributed by atoms with Gasteiger partial charge in [-0.1, -0.05) is 46.8 Å². The summed E-state index contributed by atoms with van der Waals surface area (Å²) >= 11 is 0. The van der Waals surface area contributed by atoms with Crippen molar-refractivity contribution < 1.29 is 14.0 Å². The Hall–Kier alpha value is -2.89. The molecular weight excluding hydrogens is 405 g/mol. The maximum absolute atomic E-state index is 13.8. The maximum Gasteiger partial charge on any atom is 0.228 e. The number of amides is 2. The third kappa shape index (κ3) is 7.36. The quantitative estimate of drug-likeness (QED) is 0.593. The van der Waals surface area contributed by atoms with Crippen molar-refractivity contribution in [1.82, 2.24) is 4.90 Å². The van der Waals surface area contributed by atoms with Crippen molar-refractivity contribution in [3.05, 3.63) is 59.4 Å². The number of carbonyl (C=O) groups excluding carboxylic acids is 2. The minimum Gasteiger partial charge on any atom is -0.377 e. The molecule has 0 radical (unpaired) electrons. The van der Waals surface area contributed by atoms with Crippen LogP contribution in [0.25, 0.3) is 0 Å². The van der Waals surface area contributed by atoms with E-state index in [1.165, 1.54) is 12.1 Å². The molecule has 174 valence electrons. The summed E-state index contributed by atoms with van der Waals surface area (Å²) in [5.41, 5.74) is 2.71. The molecular formula is C26H36FN3O2. The summed E-state index contributed by atoms with van der Waals surface area (Å²) in [4.78, 5) is 29.3. The van der Waals surface area contributed by atoms with Gasteiger partial charge in [0.25, 0.3) is 0 Å². The van der Waals surface area contributed by atoms with Crippen molar-refractivity contribution in [2.24, 2.45) is 11.3 Å². The van der Waals surface area contributed by atoms with E-state index in [-0.39, 0.29) is 23.5 Å². The van der Waals surface area contributed by atoms with Gasteiger partial charge in [-0.3, -0.25) is 9.59 Å². The van der Waals surface area contributed by atoms with Crippen LogP contribution in [0.2, 0.25) is 0 Å². The molecule has 0 unspecified atom stereocenters. The number of carbonyl (C=O) groups is 2. The molecule has 0 bridgehead atoms. The van der Waals surface area contributed by atoms with Gasteiger partial charge in [-0.2, -0.15) is 0 Å². The monoisotopic (exact) mass is 441 g/mol. The van der Waals surface area contributed by atoms with Crippen LogP contribution in [-0.2, 0) is 22.7 Å². The van der Waals surface area contributed by atoms with E-state index in [9.17, 15) is 14.0 Å². The van der Waals surface area contributed by atoms with Crippen molar-refractivity contribution in [1.29, 1.82) is 0 Å². The smallest absolute Gasteiger partial charge is 0.228 e. The lowest BCUT2D eigenvalue weighted by Gasteiger charge is -2.31. The van der Waals surface area contributed by atoms with Crippen LogP contribution in [0.4, 0.5) is 15.8 Å². The fourth-order valence-electron chi connectivity index (χ4n) is 3.54. The van der Waals surface area contributed by atoms with Crippen LogP contribution in [0.1, 0.15) is 52.2 Å². The summed E-state index contributed by atoms with van der Waals surface area (Å²) in [5, 5.41) is 2.96. The Morgan fingerprint density at radius 3 is 2.28 bits per heavy atom. The first kappa shape index (κ1) is 25.4. The Morgan fingerprint density at radius 1 is 1.03 bits per heavy atom. The Bertz CT molecular complexity index is 948. The molecule has 0 heterocycles. The van der Waals surface area contributed by atoms with E-state index in [2.05, 4.69) is 5.32 Å². The first-order valence-electron chi connectivity index (χ1n) is 11.0. The molecule has 2 aromatic rings. The molecule has 1 N–H and O–H groups in total. The average Bonchev–Trinajstić information content (AvgIpc) is 2.65. The molecule has 2 amide bonds. The number of nitrogens with one attached hydrogen (secondary N) is 1. The SMILES string of the molecule is CC(C)CC(=O)Nc1ccc(N(C)C)c(CN(Cc2cccc(F)c2)C(=O)C(C)(C)C)c1. The number of nitrogens with zero attached hydrogens (tertiary/aromatic N) is 2. The Balaban J connectivity index is 2.39. The first-order chi connectivity index (χ1) is 14.9. The second-order valence-electron chi connectivity index (χ2n) is 9.93. The predicted octanol–water partition coefficient (Wildman–Crippen LogP) is 5.45. The predicted molar refractivity (Wildman–Crippen MR) is 129 cm³/mol. The van der Waals surface area contributed by atoms with E-state index in [0.29, 0.717) is 25.2 Å². The first-order valence-corrected chi connectivity index (χ1v) is 11.0. The molecule has 6 heteroatoms. The van der Waals surface area contributed by atoms with Crippen molar-refractivity contribution in [2.75, 3.05) is 24.3 Å². The fraction of sp³-hybridized carbons (Fsp3) is 0.462. The van der Waals surface area contributed by atoms with Crippen LogP contribution in [-0.4, -0.2) is 30.8 Å². The highest BCUT2D eigenvalue weighted by Crippen LogP contribution is 2.28. The molecule has 0 spiro atoms. The molecule has 0 saturated heterocycles. The van der Waals surface area contributed by atoms with Crippen molar-refractivity contribution >= 4 is 23.2 Å². The highest BCUT2D eigenvalue weighted by molar-refractivity contribution is 5.91. The van der Waals surface area contributed by atoms with Gasteiger partial charge < -0.3 is 15.1 Å². The molecule has 0 fully saturated rings. The van der Waals surface area contributed by atoms with Crippen molar-refractivity contribution in [3.63, 3.8) is 0 Å². The number of hydrogen-bond donors (Lipinski definition) is 1. The number of hydrogen-bond acceptors (Lipinski definition) is 3. The van der Waals surface area contributed by atoms with E-state index in [4.69, 9.17) is 0 Å². The second-order valence-corrected chi connectivity index (χ2v) is 9.93. The van der Waals surface area contributed by atoms with Crippen LogP contribution in [0, 0.1) is 17.2 Å². The van der Waals surface area contributed by atoms with Gasteiger partial charge in [0.05, 0.1) is 0 Å². The molecule has 0 saturated carbocycles. The van der Waals surface area contributed by atoms with Crippen LogP contribution >= 0.6 is 0 Å². The number of benzene rings is 2. The molecule has 32 heavy (non-hydrogen) atoms. The van der Waals surface area contributed by atoms with Crippen LogP contribution < -0.4 is 10.2 Å². The maximum atomic E-state index is 13.8. The zero-order valence-corrected chi connectivity index (χ0v) is 20.3. The fourth-order valence-corrected chi connectivity index (χ4v) is 3.54. The van der Waals surface area contributed by atoms with Crippen molar-refractivity contribution in [2.45, 2.75) is 54.1 Å². The minimum atomic E-state index is -0.589. The van der Waals surface area contributed by atoms with E-state index in [1.54, 1.807) is 11.0 Å². The number of rotatable bonds is 8. The van der Waals surface area contributed by atoms with Gasteiger partial charge in [0, 0.05) is 50.4 Å². The van der Waals surface area contributed by atoms with Gasteiger partial charge in [-0.25, -0.2) is 4.39 Å². The molecule has 0 aliphatic heterocycles. The van der Waals surface area contributed by atoms with E-state index < -0.39 is 5.41 Å². The van der Waals surface area contributed by atoms with Crippen LogP contribution in [0.15, 0.2) is 42.5 Å². The second kappa shape index (κ2) is 10.6. The lowest BCUT2D eigenvalue weighted by atomic mass is 9.94. The zero-order chi connectivity index (χ0) is 24.1. The van der Waals surface area contributed by atoms with Crippen LogP contribution in [0.5, 0.6) is 0 Å². The summed E-state index contributed by atoms with van der Waals surface area (Å²) in [7, 11) is 3.89. The molecule has 0 aliphatic carbocycles. The van der Waals surface area contributed by atoms with Gasteiger partial charge in [0.1, 0.15) is 5.82 Å².